The van der Waals surface area contributed by atoms with Gasteiger partial charge in [0.05, 0.1) is 6.61 Å². The largest absolute Gasteiger partial charge is 0.449 e. The van der Waals surface area contributed by atoms with Crippen molar-refractivity contribution in [3.05, 3.63) is 34.3 Å². The van der Waals surface area contributed by atoms with Crippen LogP contribution < -0.4 is 10.7 Å². The van der Waals surface area contributed by atoms with Crippen molar-refractivity contribution in [3.8, 4) is 0 Å². The molecule has 0 unspecified atom stereocenters. The highest BCUT2D eigenvalue weighted by Crippen LogP contribution is 2.11. The fourth-order valence-corrected chi connectivity index (χ4v) is 1.73. The molecule has 0 aliphatic carbocycles. The molecular formula is C12H16BrN3O3. The van der Waals surface area contributed by atoms with E-state index in [0.717, 1.165) is 15.0 Å². The monoisotopic (exact) mass is 329 g/mol. The van der Waals surface area contributed by atoms with E-state index in [4.69, 9.17) is 4.74 Å². The molecule has 0 bridgehead atoms. The Morgan fingerprint density at radius 1 is 1.42 bits per heavy atom. The van der Waals surface area contributed by atoms with Crippen LogP contribution in [0.3, 0.4) is 0 Å². The van der Waals surface area contributed by atoms with E-state index < -0.39 is 12.1 Å². The van der Waals surface area contributed by atoms with Crippen LogP contribution in [0, 0.1) is 0 Å². The highest BCUT2D eigenvalue weighted by atomic mass is 79.9. The second-order valence-corrected chi connectivity index (χ2v) is 4.60. The second kappa shape index (κ2) is 7.63. The number of nitrogens with zero attached hydrogens (tertiary/aromatic N) is 1. The number of ether oxygens (including phenoxy) is 1. The van der Waals surface area contributed by atoms with Crippen molar-refractivity contribution in [3.63, 3.8) is 0 Å². The predicted octanol–water partition coefficient (Wildman–Crippen LogP) is 2.25. The van der Waals surface area contributed by atoms with Crippen molar-refractivity contribution < 1.29 is 14.3 Å². The maximum Gasteiger partial charge on any atom is 0.428 e. The van der Waals surface area contributed by atoms with Gasteiger partial charge in [-0.05, 0) is 24.6 Å². The summed E-state index contributed by atoms with van der Waals surface area (Å²) in [6.07, 6.45) is -0.611. The molecule has 6 nitrogen and oxygen atoms in total. The van der Waals surface area contributed by atoms with Crippen LogP contribution in [-0.4, -0.2) is 30.8 Å². The molecule has 0 heterocycles. The van der Waals surface area contributed by atoms with Crippen LogP contribution in [0.25, 0.3) is 0 Å². The van der Waals surface area contributed by atoms with E-state index in [1.165, 1.54) is 7.05 Å². The molecule has 0 fully saturated rings. The van der Waals surface area contributed by atoms with E-state index in [1.807, 2.05) is 24.3 Å². The van der Waals surface area contributed by atoms with Crippen molar-refractivity contribution in [2.75, 3.05) is 13.7 Å². The summed E-state index contributed by atoms with van der Waals surface area (Å²) < 4.78 is 5.66. The molecule has 0 saturated carbocycles. The van der Waals surface area contributed by atoms with Crippen LogP contribution in [-0.2, 0) is 11.3 Å². The standard InChI is InChI=1S/C12H16BrN3O3/c1-3-19-12(18)16(2)15-11(17)14-8-9-5-4-6-10(13)7-9/h4-7H,3,8H2,1-2H3,(H2,14,15,17). The molecular weight excluding hydrogens is 314 g/mol. The summed E-state index contributed by atoms with van der Waals surface area (Å²) in [5.74, 6) is 0. The summed E-state index contributed by atoms with van der Waals surface area (Å²) >= 11 is 3.35. The van der Waals surface area contributed by atoms with Crippen molar-refractivity contribution in [2.24, 2.45) is 0 Å². The molecule has 1 rings (SSSR count). The molecule has 2 N–H and O–H groups in total. The lowest BCUT2D eigenvalue weighted by molar-refractivity contribution is 0.102. The summed E-state index contributed by atoms with van der Waals surface area (Å²) in [4.78, 5) is 22.8. The van der Waals surface area contributed by atoms with Crippen LogP contribution in [0.1, 0.15) is 12.5 Å². The van der Waals surface area contributed by atoms with Crippen LogP contribution in [0.4, 0.5) is 9.59 Å². The zero-order valence-corrected chi connectivity index (χ0v) is 12.4. The minimum absolute atomic E-state index is 0.254. The highest BCUT2D eigenvalue weighted by molar-refractivity contribution is 9.10. The quantitative estimate of drug-likeness (QED) is 0.835. The SMILES string of the molecule is CCOC(=O)N(C)NC(=O)NCc1cccc(Br)c1. The lowest BCUT2D eigenvalue weighted by atomic mass is 10.2. The molecule has 0 saturated heterocycles. The molecule has 0 aliphatic heterocycles. The molecule has 1 aromatic carbocycles. The average Bonchev–Trinajstić information content (AvgIpc) is 2.36. The number of urea groups is 1. The van der Waals surface area contributed by atoms with Gasteiger partial charge in [0.1, 0.15) is 0 Å². The van der Waals surface area contributed by atoms with Crippen molar-refractivity contribution in [1.82, 2.24) is 15.8 Å². The van der Waals surface area contributed by atoms with Crippen molar-refractivity contribution in [1.29, 1.82) is 0 Å². The Bertz CT molecular complexity index is 454. The molecule has 0 aliphatic rings. The van der Waals surface area contributed by atoms with E-state index >= 15 is 0 Å². The first kappa shape index (κ1) is 15.3. The van der Waals surface area contributed by atoms with Gasteiger partial charge in [-0.15, -0.1) is 0 Å². The van der Waals surface area contributed by atoms with Gasteiger partial charge in [-0.25, -0.2) is 20.0 Å². The van der Waals surface area contributed by atoms with Gasteiger partial charge in [0.15, 0.2) is 0 Å². The van der Waals surface area contributed by atoms with Gasteiger partial charge in [0.25, 0.3) is 0 Å². The van der Waals surface area contributed by atoms with E-state index in [0.29, 0.717) is 6.54 Å². The lowest BCUT2D eigenvalue weighted by Crippen LogP contribution is -2.48. The lowest BCUT2D eigenvalue weighted by Gasteiger charge is -2.17. The summed E-state index contributed by atoms with van der Waals surface area (Å²) in [6, 6.07) is 7.09. The first-order valence-corrected chi connectivity index (χ1v) is 6.51. The maximum absolute atomic E-state index is 11.5. The molecule has 0 aromatic heterocycles. The third-order valence-electron chi connectivity index (χ3n) is 2.15. The van der Waals surface area contributed by atoms with E-state index in [-0.39, 0.29) is 6.61 Å². The molecule has 19 heavy (non-hydrogen) atoms. The zero-order chi connectivity index (χ0) is 14.3. The molecule has 104 valence electrons. The topological polar surface area (TPSA) is 70.7 Å². The third-order valence-corrected chi connectivity index (χ3v) is 2.65. The van der Waals surface area contributed by atoms with Crippen LogP contribution in [0.15, 0.2) is 28.7 Å². The number of hydrazine groups is 1. The van der Waals surface area contributed by atoms with Crippen LogP contribution in [0.5, 0.6) is 0 Å². The molecule has 7 heteroatoms. The number of hydrogen-bond acceptors (Lipinski definition) is 3. The third kappa shape index (κ3) is 5.60. The van der Waals surface area contributed by atoms with Gasteiger partial charge in [0.2, 0.25) is 0 Å². The number of hydrogen-bond donors (Lipinski definition) is 2. The highest BCUT2D eigenvalue weighted by Gasteiger charge is 2.11. The Morgan fingerprint density at radius 2 is 2.16 bits per heavy atom. The Labute approximate surface area is 120 Å². The molecule has 3 amide bonds. The van der Waals surface area contributed by atoms with E-state index in [2.05, 4.69) is 26.7 Å². The van der Waals surface area contributed by atoms with E-state index in [9.17, 15) is 9.59 Å². The van der Waals surface area contributed by atoms with Crippen molar-refractivity contribution in [2.45, 2.75) is 13.5 Å². The fourth-order valence-electron chi connectivity index (χ4n) is 1.29. The van der Waals surface area contributed by atoms with Gasteiger partial charge in [-0.3, -0.25) is 0 Å². The number of nitrogens with one attached hydrogen (secondary N) is 2. The summed E-state index contributed by atoms with van der Waals surface area (Å²) in [5.41, 5.74) is 3.29. The van der Waals surface area contributed by atoms with Gasteiger partial charge in [0, 0.05) is 18.1 Å². The average molecular weight is 330 g/mol. The Kier molecular flexibility index (Phi) is 6.14. The first-order valence-electron chi connectivity index (χ1n) is 5.72. The van der Waals surface area contributed by atoms with Gasteiger partial charge in [-0.2, -0.15) is 0 Å². The number of benzene rings is 1. The molecule has 1 aromatic rings. The molecule has 0 spiro atoms. The Morgan fingerprint density at radius 3 is 2.79 bits per heavy atom. The number of carbonyl (C=O) groups is 2. The number of carbonyl (C=O) groups excluding carboxylic acids is 2. The fraction of sp³-hybridized carbons (Fsp3) is 0.333. The summed E-state index contributed by atoms with van der Waals surface area (Å²) in [6.45, 7) is 2.31. The zero-order valence-electron chi connectivity index (χ0n) is 10.8. The first-order chi connectivity index (χ1) is 9.02. The number of rotatable bonds is 3. The van der Waals surface area contributed by atoms with Gasteiger partial charge in [-0.1, -0.05) is 28.1 Å². The Balaban J connectivity index is 2.37. The summed E-state index contributed by atoms with van der Waals surface area (Å²) in [5, 5.41) is 3.62. The second-order valence-electron chi connectivity index (χ2n) is 3.68. The van der Waals surface area contributed by atoms with Crippen LogP contribution in [0.2, 0.25) is 0 Å². The smallest absolute Gasteiger partial charge is 0.428 e. The van der Waals surface area contributed by atoms with E-state index in [1.54, 1.807) is 6.92 Å². The molecule has 0 atom stereocenters. The predicted molar refractivity (Wildman–Crippen MR) is 74.3 cm³/mol. The van der Waals surface area contributed by atoms with Gasteiger partial charge >= 0.3 is 12.1 Å². The summed E-state index contributed by atoms with van der Waals surface area (Å²) in [7, 11) is 1.41. The number of amides is 3. The molecule has 0 radical (unpaired) electrons. The number of halogens is 1. The van der Waals surface area contributed by atoms with Crippen LogP contribution >= 0.6 is 15.9 Å². The van der Waals surface area contributed by atoms with Crippen molar-refractivity contribution >= 4 is 28.1 Å². The minimum Gasteiger partial charge on any atom is -0.449 e. The minimum atomic E-state index is -0.611. The van der Waals surface area contributed by atoms with Gasteiger partial charge < -0.3 is 10.1 Å². The maximum atomic E-state index is 11.5. The normalized spacial score (nSPS) is 9.63. The Hall–Kier alpha value is -1.76.